The summed E-state index contributed by atoms with van der Waals surface area (Å²) < 4.78 is 0. The smallest absolute Gasteiger partial charge is 0.243 e. The summed E-state index contributed by atoms with van der Waals surface area (Å²) in [5.41, 5.74) is 0. The highest BCUT2D eigenvalue weighted by atomic mass is 127. The van der Waals surface area contributed by atoms with Gasteiger partial charge in [-0.2, -0.15) is 0 Å². The van der Waals surface area contributed by atoms with Gasteiger partial charge in [0.1, 0.15) is 6.54 Å². The Balaban J connectivity index is 0.00000261. The molecule has 1 aliphatic heterocycles. The van der Waals surface area contributed by atoms with E-state index < -0.39 is 0 Å². The molecule has 1 heterocycles. The van der Waals surface area contributed by atoms with Crippen LogP contribution in [0.2, 0.25) is 0 Å². The lowest BCUT2D eigenvalue weighted by Gasteiger charge is -2.35. The first-order valence-corrected chi connectivity index (χ1v) is 10.5. The molecule has 1 amide bonds. The molecule has 0 aromatic carbocycles. The Kier molecular flexibility index (Phi) is 9.11. The van der Waals surface area contributed by atoms with Crippen LogP contribution in [-0.2, 0) is 4.79 Å². The average Bonchev–Trinajstić information content (AvgIpc) is 3.47. The molecule has 3 rings (SSSR count). The summed E-state index contributed by atoms with van der Waals surface area (Å²) in [5, 5.41) is 7.29. The third-order valence-corrected chi connectivity index (χ3v) is 6.24. The van der Waals surface area contributed by atoms with Crippen molar-refractivity contribution in [3.63, 3.8) is 0 Å². The first-order valence-electron chi connectivity index (χ1n) is 10.5. The number of carbonyl (C=O) groups is 1. The van der Waals surface area contributed by atoms with Gasteiger partial charge in [0.05, 0.1) is 0 Å². The molecule has 2 saturated carbocycles. The van der Waals surface area contributed by atoms with Gasteiger partial charge in [-0.1, -0.05) is 19.8 Å². The summed E-state index contributed by atoms with van der Waals surface area (Å²) >= 11 is 0. The second-order valence-corrected chi connectivity index (χ2v) is 8.65. The maximum absolute atomic E-state index is 12.0. The number of rotatable bonds is 5. The zero-order chi connectivity index (χ0) is 18.5. The monoisotopic (exact) mass is 491 g/mol. The molecule has 2 aliphatic carbocycles. The fourth-order valence-electron chi connectivity index (χ4n) is 4.17. The fraction of sp³-hybridized carbons (Fsp3) is 0.900. The maximum Gasteiger partial charge on any atom is 0.243 e. The van der Waals surface area contributed by atoms with E-state index in [1.54, 1.807) is 19.0 Å². The molecule has 3 fully saturated rings. The number of likely N-dealkylation sites (tertiary alicyclic amines) is 1. The fourth-order valence-corrected chi connectivity index (χ4v) is 4.17. The third kappa shape index (κ3) is 7.07. The Bertz CT molecular complexity index is 501. The van der Waals surface area contributed by atoms with Gasteiger partial charge in [-0.25, -0.2) is 4.99 Å². The Morgan fingerprint density at radius 2 is 1.70 bits per heavy atom. The summed E-state index contributed by atoms with van der Waals surface area (Å²) in [4.78, 5) is 20.9. The number of amides is 1. The van der Waals surface area contributed by atoms with E-state index in [0.717, 1.165) is 12.0 Å². The highest BCUT2D eigenvalue weighted by molar-refractivity contribution is 14.0. The van der Waals surface area contributed by atoms with Crippen LogP contribution in [0, 0.1) is 5.92 Å². The van der Waals surface area contributed by atoms with E-state index in [4.69, 9.17) is 0 Å². The number of hydrogen-bond acceptors (Lipinski definition) is 3. The number of halogens is 1. The van der Waals surface area contributed by atoms with Gasteiger partial charge >= 0.3 is 0 Å². The van der Waals surface area contributed by atoms with Gasteiger partial charge in [0.25, 0.3) is 0 Å². The molecule has 1 saturated heterocycles. The van der Waals surface area contributed by atoms with Crippen molar-refractivity contribution in [3.05, 3.63) is 0 Å². The van der Waals surface area contributed by atoms with E-state index in [2.05, 4.69) is 27.4 Å². The molecule has 27 heavy (non-hydrogen) atoms. The molecule has 7 heteroatoms. The molecule has 0 aromatic rings. The van der Waals surface area contributed by atoms with E-state index in [1.165, 1.54) is 64.5 Å². The second kappa shape index (κ2) is 10.8. The van der Waals surface area contributed by atoms with Crippen LogP contribution in [0.1, 0.15) is 58.3 Å². The van der Waals surface area contributed by atoms with Crippen molar-refractivity contribution in [1.29, 1.82) is 0 Å². The number of nitrogens with one attached hydrogen (secondary N) is 2. The molecule has 0 spiro atoms. The summed E-state index contributed by atoms with van der Waals surface area (Å²) in [6.07, 6.45) is 10.2. The van der Waals surface area contributed by atoms with Crippen molar-refractivity contribution >= 4 is 35.8 Å². The van der Waals surface area contributed by atoms with E-state index in [0.29, 0.717) is 18.0 Å². The molecule has 0 bridgehead atoms. The van der Waals surface area contributed by atoms with Crippen molar-refractivity contribution in [2.24, 2.45) is 10.9 Å². The van der Waals surface area contributed by atoms with Crippen LogP contribution in [0.3, 0.4) is 0 Å². The van der Waals surface area contributed by atoms with Crippen LogP contribution in [0.4, 0.5) is 0 Å². The molecule has 156 valence electrons. The van der Waals surface area contributed by atoms with E-state index in [1.807, 2.05) is 0 Å². The molecular weight excluding hydrogens is 453 g/mol. The number of aliphatic imine (C=N–C) groups is 1. The minimum absolute atomic E-state index is 0. The van der Waals surface area contributed by atoms with Crippen LogP contribution < -0.4 is 10.6 Å². The number of guanidine groups is 1. The predicted octanol–water partition coefficient (Wildman–Crippen LogP) is 2.43. The Labute approximate surface area is 181 Å². The Hall–Kier alpha value is -0.570. The molecule has 6 nitrogen and oxygen atoms in total. The average molecular weight is 491 g/mol. The van der Waals surface area contributed by atoms with Crippen molar-refractivity contribution in [1.82, 2.24) is 20.4 Å². The number of hydrogen-bond donors (Lipinski definition) is 2. The number of nitrogens with zero attached hydrogens (tertiary/aromatic N) is 3. The van der Waals surface area contributed by atoms with Gasteiger partial charge < -0.3 is 20.4 Å². The number of carbonyl (C=O) groups excluding carboxylic acids is 1. The quantitative estimate of drug-likeness (QED) is 0.353. The van der Waals surface area contributed by atoms with Crippen molar-refractivity contribution in [2.45, 2.75) is 76.4 Å². The minimum Gasteiger partial charge on any atom is -0.354 e. The Morgan fingerprint density at radius 1 is 1.04 bits per heavy atom. The summed E-state index contributed by atoms with van der Waals surface area (Å²) in [6, 6.07) is 1.80. The zero-order valence-corrected chi connectivity index (χ0v) is 19.6. The van der Waals surface area contributed by atoms with Crippen LogP contribution in [-0.4, -0.2) is 73.5 Å². The molecule has 0 aromatic heterocycles. The summed E-state index contributed by atoms with van der Waals surface area (Å²) in [5.74, 6) is 1.55. The lowest BCUT2D eigenvalue weighted by molar-refractivity contribution is -0.127. The first-order chi connectivity index (χ1) is 12.5. The molecule has 3 aliphatic rings. The molecule has 2 N–H and O–H groups in total. The zero-order valence-electron chi connectivity index (χ0n) is 17.2. The van der Waals surface area contributed by atoms with Crippen molar-refractivity contribution in [3.8, 4) is 0 Å². The normalized spacial score (nSPS) is 27.6. The maximum atomic E-state index is 12.0. The van der Waals surface area contributed by atoms with E-state index in [9.17, 15) is 4.79 Å². The number of likely N-dealkylation sites (N-methyl/N-ethyl adjacent to an activating group) is 1. The lowest BCUT2D eigenvalue weighted by atomic mass is 9.86. The predicted molar refractivity (Wildman–Crippen MR) is 122 cm³/mol. The third-order valence-electron chi connectivity index (χ3n) is 6.24. The second-order valence-electron chi connectivity index (χ2n) is 8.65. The Morgan fingerprint density at radius 3 is 2.30 bits per heavy atom. The van der Waals surface area contributed by atoms with Gasteiger partial charge in [0.2, 0.25) is 5.91 Å². The summed E-state index contributed by atoms with van der Waals surface area (Å²) in [7, 11) is 3.57. The molecule has 0 radical (unpaired) electrons. The lowest BCUT2D eigenvalue weighted by Crippen LogP contribution is -2.53. The first kappa shape index (κ1) is 22.7. The highest BCUT2D eigenvalue weighted by Crippen LogP contribution is 2.29. The van der Waals surface area contributed by atoms with Gasteiger partial charge in [-0.15, -0.1) is 24.0 Å². The van der Waals surface area contributed by atoms with Crippen molar-refractivity contribution in [2.75, 3.05) is 33.7 Å². The summed E-state index contributed by atoms with van der Waals surface area (Å²) in [6.45, 7) is 4.91. The van der Waals surface area contributed by atoms with Crippen LogP contribution >= 0.6 is 24.0 Å². The largest absolute Gasteiger partial charge is 0.354 e. The van der Waals surface area contributed by atoms with Gasteiger partial charge in [0.15, 0.2) is 5.96 Å². The molecule has 2 unspecified atom stereocenters. The van der Waals surface area contributed by atoms with Crippen LogP contribution in [0.25, 0.3) is 0 Å². The molecule has 2 atom stereocenters. The number of piperidine rings is 1. The molecular formula is C20H38IN5O. The SMILES string of the molecule is CC1CCCCC1NC(=NCC(=O)N(C)C)NC1CCN(C2CC2)CC1.I. The van der Waals surface area contributed by atoms with Gasteiger partial charge in [0, 0.05) is 45.3 Å². The van der Waals surface area contributed by atoms with Crippen LogP contribution in [0.15, 0.2) is 4.99 Å². The van der Waals surface area contributed by atoms with E-state index >= 15 is 0 Å². The van der Waals surface area contributed by atoms with Crippen LogP contribution in [0.5, 0.6) is 0 Å². The van der Waals surface area contributed by atoms with E-state index in [-0.39, 0.29) is 36.4 Å². The highest BCUT2D eigenvalue weighted by Gasteiger charge is 2.32. The standard InChI is InChI=1S/C20H37N5O.HI/c1-15-6-4-5-7-18(15)23-20(21-14-19(26)24(2)3)22-16-10-12-25(13-11-16)17-8-9-17;/h15-18H,4-14H2,1-3H3,(H2,21,22,23);1H. The van der Waals surface area contributed by atoms with Gasteiger partial charge in [-0.3, -0.25) is 4.79 Å². The minimum atomic E-state index is 0. The topological polar surface area (TPSA) is 60.0 Å². The van der Waals surface area contributed by atoms with Gasteiger partial charge in [-0.05, 0) is 44.4 Å². The van der Waals surface area contributed by atoms with Crippen molar-refractivity contribution < 1.29 is 4.79 Å².